The Hall–Kier alpha value is -0.530. The average Bonchev–Trinajstić information content (AvgIpc) is 2.65. The molecule has 0 radical (unpaired) electrons. The average molecular weight is 156 g/mol. The molecule has 1 saturated carbocycles. The number of ether oxygens (including phenoxy) is 1. The Bertz CT molecular complexity index is 172. The Morgan fingerprint density at radius 2 is 2.00 bits per heavy atom. The van der Waals surface area contributed by atoms with E-state index >= 15 is 0 Å². The molecule has 1 rings (SSSR count). The Kier molecular flexibility index (Phi) is 1.95. The molecule has 0 aromatic heterocycles. The molecule has 64 valence electrons. The van der Waals surface area contributed by atoms with Crippen molar-refractivity contribution in [2.45, 2.75) is 27.2 Å². The van der Waals surface area contributed by atoms with Crippen molar-refractivity contribution in [2.75, 3.05) is 7.11 Å². The zero-order valence-corrected chi connectivity index (χ0v) is 7.68. The van der Waals surface area contributed by atoms with E-state index in [0.717, 1.165) is 0 Å². The van der Waals surface area contributed by atoms with Gasteiger partial charge in [-0.15, -0.1) is 0 Å². The lowest BCUT2D eigenvalue weighted by atomic mass is 9.86. The number of hydrogen-bond donors (Lipinski definition) is 0. The summed E-state index contributed by atoms with van der Waals surface area (Å²) in [5.41, 5.74) is -0.270. The van der Waals surface area contributed by atoms with Gasteiger partial charge in [0.05, 0.1) is 12.5 Å². The van der Waals surface area contributed by atoms with Gasteiger partial charge in [-0.25, -0.2) is 0 Å². The highest BCUT2D eigenvalue weighted by atomic mass is 16.5. The van der Waals surface area contributed by atoms with E-state index in [-0.39, 0.29) is 11.4 Å². The molecule has 0 saturated heterocycles. The summed E-state index contributed by atoms with van der Waals surface area (Å²) in [5, 5.41) is 0. The zero-order chi connectivity index (χ0) is 8.65. The van der Waals surface area contributed by atoms with Crippen LogP contribution in [0.4, 0.5) is 0 Å². The van der Waals surface area contributed by atoms with Crippen LogP contribution in [-0.2, 0) is 9.53 Å². The molecule has 0 bridgehead atoms. The first kappa shape index (κ1) is 8.57. The lowest BCUT2D eigenvalue weighted by Crippen LogP contribution is -2.28. The molecule has 2 nitrogen and oxygen atoms in total. The van der Waals surface area contributed by atoms with Crippen LogP contribution >= 0.6 is 0 Å². The topological polar surface area (TPSA) is 26.3 Å². The molecule has 0 aromatic rings. The van der Waals surface area contributed by atoms with Crippen LogP contribution in [0.5, 0.6) is 0 Å². The van der Waals surface area contributed by atoms with Crippen molar-refractivity contribution in [3.8, 4) is 0 Å². The van der Waals surface area contributed by atoms with Gasteiger partial charge in [0.25, 0.3) is 0 Å². The van der Waals surface area contributed by atoms with Gasteiger partial charge in [-0.05, 0) is 32.1 Å². The first-order chi connectivity index (χ1) is 5.00. The highest BCUT2D eigenvalue weighted by molar-refractivity contribution is 5.76. The molecule has 1 aliphatic carbocycles. The summed E-state index contributed by atoms with van der Waals surface area (Å²) in [6.45, 7) is 6.11. The third-order valence-electron chi connectivity index (χ3n) is 2.75. The minimum Gasteiger partial charge on any atom is -0.469 e. The van der Waals surface area contributed by atoms with Crippen LogP contribution in [-0.4, -0.2) is 13.1 Å². The number of carbonyl (C=O) groups excluding carboxylic acids is 1. The maximum absolute atomic E-state index is 11.2. The summed E-state index contributed by atoms with van der Waals surface area (Å²) >= 11 is 0. The van der Waals surface area contributed by atoms with Crippen LogP contribution in [0, 0.1) is 17.3 Å². The highest BCUT2D eigenvalue weighted by Gasteiger charge is 2.49. The van der Waals surface area contributed by atoms with Gasteiger partial charge in [-0.3, -0.25) is 4.79 Å². The van der Waals surface area contributed by atoms with Gasteiger partial charge in [0.15, 0.2) is 0 Å². The molecule has 2 atom stereocenters. The van der Waals surface area contributed by atoms with E-state index < -0.39 is 0 Å². The molecular formula is C9H16O2. The molecule has 2 heteroatoms. The summed E-state index contributed by atoms with van der Waals surface area (Å²) in [4.78, 5) is 11.2. The molecule has 0 N–H and O–H groups in total. The standard InChI is InChI=1S/C9H16O2/c1-6-5-7(6)9(2,3)8(10)11-4/h6-7H,5H2,1-4H3. The monoisotopic (exact) mass is 156 g/mol. The number of hydrogen-bond acceptors (Lipinski definition) is 2. The largest absolute Gasteiger partial charge is 0.469 e. The second-order valence-electron chi connectivity index (χ2n) is 4.03. The van der Waals surface area contributed by atoms with Crippen molar-refractivity contribution in [3.05, 3.63) is 0 Å². The van der Waals surface area contributed by atoms with Crippen molar-refractivity contribution in [3.63, 3.8) is 0 Å². The summed E-state index contributed by atoms with van der Waals surface area (Å²) < 4.78 is 4.73. The fraction of sp³-hybridized carbons (Fsp3) is 0.889. The smallest absolute Gasteiger partial charge is 0.311 e. The lowest BCUT2D eigenvalue weighted by Gasteiger charge is -2.20. The summed E-state index contributed by atoms with van der Waals surface area (Å²) in [5.74, 6) is 1.16. The Balaban J connectivity index is 2.59. The van der Waals surface area contributed by atoms with Crippen molar-refractivity contribution in [2.24, 2.45) is 17.3 Å². The molecular weight excluding hydrogens is 140 g/mol. The van der Waals surface area contributed by atoms with Crippen LogP contribution in [0.3, 0.4) is 0 Å². The van der Waals surface area contributed by atoms with E-state index in [1.165, 1.54) is 13.5 Å². The number of methoxy groups -OCH3 is 1. The van der Waals surface area contributed by atoms with E-state index in [4.69, 9.17) is 4.74 Å². The SMILES string of the molecule is COC(=O)C(C)(C)C1CC1C. The zero-order valence-electron chi connectivity index (χ0n) is 7.68. The molecule has 0 aliphatic heterocycles. The fourth-order valence-electron chi connectivity index (χ4n) is 1.74. The van der Waals surface area contributed by atoms with E-state index in [9.17, 15) is 4.79 Å². The van der Waals surface area contributed by atoms with Gasteiger partial charge < -0.3 is 4.74 Å². The maximum atomic E-state index is 11.2. The summed E-state index contributed by atoms with van der Waals surface area (Å²) in [6.07, 6.45) is 1.17. The van der Waals surface area contributed by atoms with Crippen LogP contribution < -0.4 is 0 Å². The summed E-state index contributed by atoms with van der Waals surface area (Å²) in [6, 6.07) is 0. The van der Waals surface area contributed by atoms with Crippen molar-refractivity contribution in [1.29, 1.82) is 0 Å². The minimum absolute atomic E-state index is 0.0770. The maximum Gasteiger partial charge on any atom is 0.311 e. The van der Waals surface area contributed by atoms with Crippen molar-refractivity contribution >= 4 is 5.97 Å². The number of esters is 1. The van der Waals surface area contributed by atoms with Gasteiger partial charge in [0, 0.05) is 0 Å². The quantitative estimate of drug-likeness (QED) is 0.570. The van der Waals surface area contributed by atoms with Crippen LogP contribution in [0.15, 0.2) is 0 Å². The van der Waals surface area contributed by atoms with E-state index in [0.29, 0.717) is 11.8 Å². The Morgan fingerprint density at radius 3 is 2.27 bits per heavy atom. The predicted molar refractivity (Wildman–Crippen MR) is 43.1 cm³/mol. The minimum atomic E-state index is -0.270. The normalized spacial score (nSPS) is 29.8. The molecule has 0 spiro atoms. The first-order valence-corrected chi connectivity index (χ1v) is 4.08. The Labute approximate surface area is 67.9 Å². The molecule has 0 heterocycles. The second kappa shape index (κ2) is 2.50. The second-order valence-corrected chi connectivity index (χ2v) is 4.03. The van der Waals surface area contributed by atoms with Gasteiger partial charge in [0.2, 0.25) is 0 Å². The molecule has 1 aliphatic rings. The molecule has 1 fully saturated rings. The summed E-state index contributed by atoms with van der Waals surface area (Å²) in [7, 11) is 1.46. The third-order valence-corrected chi connectivity index (χ3v) is 2.75. The van der Waals surface area contributed by atoms with Gasteiger partial charge >= 0.3 is 5.97 Å². The molecule has 0 amide bonds. The van der Waals surface area contributed by atoms with E-state index in [1.54, 1.807) is 0 Å². The Morgan fingerprint density at radius 1 is 1.55 bits per heavy atom. The molecule has 2 unspecified atom stereocenters. The fourth-order valence-corrected chi connectivity index (χ4v) is 1.74. The van der Waals surface area contributed by atoms with Gasteiger partial charge in [0.1, 0.15) is 0 Å². The third kappa shape index (κ3) is 1.39. The molecule has 0 aromatic carbocycles. The van der Waals surface area contributed by atoms with E-state index in [2.05, 4.69) is 6.92 Å². The van der Waals surface area contributed by atoms with Crippen LogP contribution in [0.25, 0.3) is 0 Å². The molecule has 11 heavy (non-hydrogen) atoms. The van der Waals surface area contributed by atoms with Crippen LogP contribution in [0.2, 0.25) is 0 Å². The predicted octanol–water partition coefficient (Wildman–Crippen LogP) is 1.84. The lowest BCUT2D eigenvalue weighted by molar-refractivity contribution is -0.152. The number of carbonyl (C=O) groups is 1. The van der Waals surface area contributed by atoms with Gasteiger partial charge in [-0.2, -0.15) is 0 Å². The van der Waals surface area contributed by atoms with Crippen molar-refractivity contribution < 1.29 is 9.53 Å². The van der Waals surface area contributed by atoms with Crippen molar-refractivity contribution in [1.82, 2.24) is 0 Å². The van der Waals surface area contributed by atoms with Crippen LogP contribution in [0.1, 0.15) is 27.2 Å². The van der Waals surface area contributed by atoms with E-state index in [1.807, 2.05) is 13.8 Å². The number of rotatable bonds is 2. The van der Waals surface area contributed by atoms with Gasteiger partial charge in [-0.1, -0.05) is 6.92 Å². The first-order valence-electron chi connectivity index (χ1n) is 4.08. The highest BCUT2D eigenvalue weighted by Crippen LogP contribution is 2.50.